The van der Waals surface area contributed by atoms with E-state index in [9.17, 15) is 14.4 Å². The van der Waals surface area contributed by atoms with Crippen molar-refractivity contribution in [1.29, 1.82) is 0 Å². The van der Waals surface area contributed by atoms with Crippen molar-refractivity contribution < 1.29 is 28.6 Å². The second-order valence-electron chi connectivity index (χ2n) is 18.1. The van der Waals surface area contributed by atoms with Gasteiger partial charge in [-0.2, -0.15) is 0 Å². The van der Waals surface area contributed by atoms with Gasteiger partial charge in [0.2, 0.25) is 0 Å². The van der Waals surface area contributed by atoms with Gasteiger partial charge in [0, 0.05) is 19.3 Å². The lowest BCUT2D eigenvalue weighted by molar-refractivity contribution is -0.167. The molecule has 0 heterocycles. The van der Waals surface area contributed by atoms with Crippen LogP contribution in [0.5, 0.6) is 0 Å². The van der Waals surface area contributed by atoms with Gasteiger partial charge in [-0.1, -0.05) is 221 Å². The molecule has 0 N–H and O–H groups in total. The lowest BCUT2D eigenvalue weighted by Crippen LogP contribution is -2.30. The fourth-order valence-electron chi connectivity index (χ4n) is 7.39. The molecule has 0 amide bonds. The largest absolute Gasteiger partial charge is 0.462 e. The number of unbranched alkanes of at least 4 members (excludes halogenated alkanes) is 22. The van der Waals surface area contributed by atoms with Crippen molar-refractivity contribution in [3.63, 3.8) is 0 Å². The molecule has 0 aromatic heterocycles. The zero-order chi connectivity index (χ0) is 48.6. The van der Waals surface area contributed by atoms with E-state index in [1.54, 1.807) is 0 Å². The second kappa shape index (κ2) is 54.9. The van der Waals surface area contributed by atoms with Crippen LogP contribution in [0.3, 0.4) is 0 Å². The maximum Gasteiger partial charge on any atom is 0.306 e. The molecule has 6 nitrogen and oxygen atoms in total. The number of rotatable bonds is 49. The number of hydrogen-bond donors (Lipinski definition) is 0. The Bertz CT molecular complexity index is 1350. The summed E-state index contributed by atoms with van der Waals surface area (Å²) < 4.78 is 16.8. The topological polar surface area (TPSA) is 78.9 Å². The SMILES string of the molecule is CC/C=C\C/C=C\C/C=C\C/C=C\CCCCCCCCCCCCC(=O)OCC(COC(=O)CCCCCCC/C=C\C/C=C\CCC)OC(=O)CCCCCCC/C=C\C/C=C\CCC. The highest BCUT2D eigenvalue weighted by Gasteiger charge is 2.19. The van der Waals surface area contributed by atoms with Crippen LogP contribution in [0.4, 0.5) is 0 Å². The van der Waals surface area contributed by atoms with Gasteiger partial charge < -0.3 is 14.2 Å². The smallest absolute Gasteiger partial charge is 0.306 e. The summed E-state index contributed by atoms with van der Waals surface area (Å²) in [4.78, 5) is 38.1. The van der Waals surface area contributed by atoms with Crippen LogP contribution in [-0.4, -0.2) is 37.2 Å². The first-order valence-electron chi connectivity index (χ1n) is 27.7. The first-order valence-corrected chi connectivity index (χ1v) is 27.7. The summed E-state index contributed by atoms with van der Waals surface area (Å²) in [5, 5.41) is 0. The van der Waals surface area contributed by atoms with E-state index < -0.39 is 6.10 Å². The van der Waals surface area contributed by atoms with E-state index in [4.69, 9.17) is 14.2 Å². The Labute approximate surface area is 413 Å². The maximum absolute atomic E-state index is 12.8. The number of carbonyl (C=O) groups excluding carboxylic acids is 3. The Balaban J connectivity index is 4.34. The molecule has 6 heteroatoms. The number of allylic oxidation sites excluding steroid dienone is 16. The van der Waals surface area contributed by atoms with E-state index in [1.165, 1.54) is 64.2 Å². The predicted octanol–water partition coefficient (Wildman–Crippen LogP) is 18.5. The molecule has 1 atom stereocenters. The average Bonchev–Trinajstić information content (AvgIpc) is 3.33. The molecular weight excluding hydrogens is 829 g/mol. The fourth-order valence-corrected chi connectivity index (χ4v) is 7.39. The molecule has 0 fully saturated rings. The van der Waals surface area contributed by atoms with Gasteiger partial charge in [0.15, 0.2) is 6.10 Å². The molecule has 0 aliphatic rings. The Morgan fingerprint density at radius 3 is 0.910 bits per heavy atom. The van der Waals surface area contributed by atoms with Crippen molar-refractivity contribution in [2.45, 2.75) is 258 Å². The maximum atomic E-state index is 12.8. The fraction of sp³-hybridized carbons (Fsp3) is 0.689. The number of ether oxygens (including phenoxy) is 3. The molecule has 382 valence electrons. The summed E-state index contributed by atoms with van der Waals surface area (Å²) in [5.74, 6) is -0.924. The summed E-state index contributed by atoms with van der Waals surface area (Å²) in [7, 11) is 0. The summed E-state index contributed by atoms with van der Waals surface area (Å²) in [6.45, 7) is 6.37. The molecule has 0 spiro atoms. The molecule has 0 aliphatic carbocycles. The zero-order valence-corrected chi connectivity index (χ0v) is 43.6. The van der Waals surface area contributed by atoms with Crippen LogP contribution in [0.2, 0.25) is 0 Å². The van der Waals surface area contributed by atoms with E-state index in [-0.39, 0.29) is 31.1 Å². The zero-order valence-electron chi connectivity index (χ0n) is 43.6. The third-order valence-electron chi connectivity index (χ3n) is 11.5. The molecule has 0 saturated heterocycles. The summed E-state index contributed by atoms with van der Waals surface area (Å²) in [6, 6.07) is 0. The standard InChI is InChI=1S/C61H102O6/c1-4-7-10-13-16-19-22-25-26-27-28-29-30-31-32-33-34-37-39-42-45-48-51-54-60(63)66-57-58(67-61(64)55-52-49-46-43-40-36-24-21-18-15-12-9-6-3)56-65-59(62)53-50-47-44-41-38-35-23-20-17-14-11-8-5-2/h7,10-12,14-16,19-21,23-26,28-29,58H,4-6,8-9,13,17-18,22,27,30-57H2,1-3H3/b10-7-,14-11-,15-12-,19-16-,23-20-,24-21-,26-25-,29-28-. The van der Waals surface area contributed by atoms with Crippen LogP contribution < -0.4 is 0 Å². The second-order valence-corrected chi connectivity index (χ2v) is 18.1. The van der Waals surface area contributed by atoms with Gasteiger partial charge in [-0.25, -0.2) is 0 Å². The third kappa shape index (κ3) is 53.2. The Morgan fingerprint density at radius 1 is 0.313 bits per heavy atom. The van der Waals surface area contributed by atoms with E-state index >= 15 is 0 Å². The molecule has 67 heavy (non-hydrogen) atoms. The van der Waals surface area contributed by atoms with Gasteiger partial charge in [-0.15, -0.1) is 0 Å². The molecular formula is C61H102O6. The van der Waals surface area contributed by atoms with Crippen LogP contribution in [0.25, 0.3) is 0 Å². The quantitative estimate of drug-likeness (QED) is 0.0262. The van der Waals surface area contributed by atoms with Crippen molar-refractivity contribution >= 4 is 17.9 Å². The van der Waals surface area contributed by atoms with Crippen molar-refractivity contribution in [2.75, 3.05) is 13.2 Å². The van der Waals surface area contributed by atoms with E-state index in [0.717, 1.165) is 148 Å². The lowest BCUT2D eigenvalue weighted by atomic mass is 10.1. The molecule has 0 aromatic rings. The molecule has 0 rings (SSSR count). The number of esters is 3. The average molecular weight is 931 g/mol. The van der Waals surface area contributed by atoms with Gasteiger partial charge in [-0.3, -0.25) is 14.4 Å². The van der Waals surface area contributed by atoms with Crippen LogP contribution in [-0.2, 0) is 28.6 Å². The van der Waals surface area contributed by atoms with Crippen molar-refractivity contribution in [1.82, 2.24) is 0 Å². The van der Waals surface area contributed by atoms with Crippen LogP contribution in [0.1, 0.15) is 252 Å². The molecule has 0 radical (unpaired) electrons. The summed E-state index contributed by atoms with van der Waals surface area (Å²) >= 11 is 0. The van der Waals surface area contributed by atoms with Gasteiger partial charge in [-0.05, 0) is 109 Å². The molecule has 0 saturated carbocycles. The van der Waals surface area contributed by atoms with Crippen molar-refractivity contribution in [2.24, 2.45) is 0 Å². The predicted molar refractivity (Wildman–Crippen MR) is 288 cm³/mol. The van der Waals surface area contributed by atoms with Gasteiger partial charge in [0.25, 0.3) is 0 Å². The Hall–Kier alpha value is -3.67. The van der Waals surface area contributed by atoms with Crippen LogP contribution in [0, 0.1) is 0 Å². The molecule has 0 aromatic carbocycles. The molecule has 0 bridgehead atoms. The highest BCUT2D eigenvalue weighted by Crippen LogP contribution is 2.15. The summed E-state index contributed by atoms with van der Waals surface area (Å²) in [6.07, 6.45) is 72.5. The third-order valence-corrected chi connectivity index (χ3v) is 11.5. The monoisotopic (exact) mass is 931 g/mol. The van der Waals surface area contributed by atoms with Crippen LogP contribution >= 0.6 is 0 Å². The Kier molecular flexibility index (Phi) is 51.9. The minimum atomic E-state index is -0.793. The normalized spacial score (nSPS) is 12.8. The summed E-state index contributed by atoms with van der Waals surface area (Å²) in [5.41, 5.74) is 0. The minimum Gasteiger partial charge on any atom is -0.462 e. The van der Waals surface area contributed by atoms with Gasteiger partial charge >= 0.3 is 17.9 Å². The first-order chi connectivity index (χ1) is 33.0. The Morgan fingerprint density at radius 2 is 0.582 bits per heavy atom. The van der Waals surface area contributed by atoms with E-state index in [2.05, 4.69) is 118 Å². The van der Waals surface area contributed by atoms with E-state index in [0.29, 0.717) is 19.3 Å². The van der Waals surface area contributed by atoms with Crippen LogP contribution in [0.15, 0.2) is 97.2 Å². The lowest BCUT2D eigenvalue weighted by Gasteiger charge is -2.18. The number of carbonyl (C=O) groups is 3. The highest BCUT2D eigenvalue weighted by molar-refractivity contribution is 5.71. The highest BCUT2D eigenvalue weighted by atomic mass is 16.6. The van der Waals surface area contributed by atoms with Crippen molar-refractivity contribution in [3.8, 4) is 0 Å². The van der Waals surface area contributed by atoms with E-state index in [1.807, 2.05) is 0 Å². The first kappa shape index (κ1) is 63.3. The van der Waals surface area contributed by atoms with Gasteiger partial charge in [0.05, 0.1) is 0 Å². The van der Waals surface area contributed by atoms with Gasteiger partial charge in [0.1, 0.15) is 13.2 Å². The van der Waals surface area contributed by atoms with Crippen molar-refractivity contribution in [3.05, 3.63) is 97.2 Å². The minimum absolute atomic E-state index is 0.0906. The number of hydrogen-bond acceptors (Lipinski definition) is 6. The molecule has 1 unspecified atom stereocenters. The molecule has 0 aliphatic heterocycles.